The lowest BCUT2D eigenvalue weighted by Gasteiger charge is -2.27. The first-order valence-corrected chi connectivity index (χ1v) is 4.72. The highest BCUT2D eigenvalue weighted by Crippen LogP contribution is 2.33. The van der Waals surface area contributed by atoms with Gasteiger partial charge in [-0.15, -0.1) is 11.3 Å². The number of thiazole rings is 1. The Labute approximate surface area is 76.3 Å². The van der Waals surface area contributed by atoms with Crippen molar-refractivity contribution in [2.45, 2.75) is 20.0 Å². The van der Waals surface area contributed by atoms with E-state index < -0.39 is 6.10 Å². The number of hydrogen-bond acceptors (Lipinski definition) is 4. The van der Waals surface area contributed by atoms with Crippen molar-refractivity contribution < 1.29 is 5.11 Å². The maximum absolute atomic E-state index is 9.83. The van der Waals surface area contributed by atoms with Crippen LogP contribution in [0.3, 0.4) is 0 Å². The number of aliphatic hydroxyl groups excluding tert-OH is 1. The maximum Gasteiger partial charge on any atom is 0.0960 e. The minimum atomic E-state index is -0.505. The van der Waals surface area contributed by atoms with Crippen molar-refractivity contribution in [3.05, 3.63) is 16.6 Å². The average molecular weight is 186 g/mol. The van der Waals surface area contributed by atoms with Crippen molar-refractivity contribution in [2.24, 2.45) is 11.1 Å². The van der Waals surface area contributed by atoms with E-state index in [1.165, 1.54) is 11.3 Å². The van der Waals surface area contributed by atoms with E-state index in [0.717, 1.165) is 4.88 Å². The Hall–Kier alpha value is -0.450. The van der Waals surface area contributed by atoms with Crippen LogP contribution in [0.5, 0.6) is 0 Å². The summed E-state index contributed by atoms with van der Waals surface area (Å²) in [5.41, 5.74) is 6.98. The zero-order chi connectivity index (χ0) is 9.19. The molecule has 0 aliphatic carbocycles. The Bertz CT molecular complexity index is 233. The molecule has 0 fully saturated rings. The molecule has 0 aliphatic heterocycles. The summed E-state index contributed by atoms with van der Waals surface area (Å²) in [7, 11) is 0. The SMILES string of the molecule is CC(C)(CN)C(O)c1cncs1. The molecule has 0 amide bonds. The number of rotatable bonds is 3. The topological polar surface area (TPSA) is 59.1 Å². The van der Waals surface area contributed by atoms with E-state index >= 15 is 0 Å². The fraction of sp³-hybridized carbons (Fsp3) is 0.625. The van der Waals surface area contributed by atoms with Crippen LogP contribution in [0.25, 0.3) is 0 Å². The Kier molecular flexibility index (Phi) is 2.82. The molecule has 0 bridgehead atoms. The Morgan fingerprint density at radius 1 is 1.75 bits per heavy atom. The molecule has 1 unspecified atom stereocenters. The quantitative estimate of drug-likeness (QED) is 0.744. The summed E-state index contributed by atoms with van der Waals surface area (Å²) in [5.74, 6) is 0. The van der Waals surface area contributed by atoms with E-state index in [0.29, 0.717) is 6.54 Å². The van der Waals surface area contributed by atoms with E-state index in [2.05, 4.69) is 4.98 Å². The summed E-state index contributed by atoms with van der Waals surface area (Å²) in [6.07, 6.45) is 1.18. The minimum Gasteiger partial charge on any atom is -0.387 e. The van der Waals surface area contributed by atoms with Crippen LogP contribution in [0.1, 0.15) is 24.8 Å². The standard InChI is InChI=1S/C8H14N2OS/c1-8(2,4-9)7(11)6-3-10-5-12-6/h3,5,7,11H,4,9H2,1-2H3. The molecular formula is C8H14N2OS. The molecule has 1 atom stereocenters. The molecule has 1 heterocycles. The van der Waals surface area contributed by atoms with Crippen LogP contribution in [0, 0.1) is 5.41 Å². The lowest BCUT2D eigenvalue weighted by molar-refractivity contribution is 0.0584. The van der Waals surface area contributed by atoms with Crippen LogP contribution in [-0.2, 0) is 0 Å². The normalized spacial score (nSPS) is 14.7. The van der Waals surface area contributed by atoms with Crippen molar-refractivity contribution in [1.82, 2.24) is 4.98 Å². The van der Waals surface area contributed by atoms with Gasteiger partial charge in [-0.25, -0.2) is 0 Å². The fourth-order valence-corrected chi connectivity index (χ4v) is 1.67. The number of hydrogen-bond donors (Lipinski definition) is 2. The molecule has 68 valence electrons. The monoisotopic (exact) mass is 186 g/mol. The van der Waals surface area contributed by atoms with Crippen molar-refractivity contribution in [3.8, 4) is 0 Å². The van der Waals surface area contributed by atoms with Gasteiger partial charge in [0.2, 0.25) is 0 Å². The second kappa shape index (κ2) is 3.51. The van der Waals surface area contributed by atoms with Crippen molar-refractivity contribution in [2.75, 3.05) is 6.54 Å². The molecule has 0 aliphatic rings. The van der Waals surface area contributed by atoms with Crippen molar-refractivity contribution in [1.29, 1.82) is 0 Å². The smallest absolute Gasteiger partial charge is 0.0960 e. The van der Waals surface area contributed by atoms with Crippen molar-refractivity contribution >= 4 is 11.3 Å². The first kappa shape index (κ1) is 9.64. The van der Waals surface area contributed by atoms with Crippen LogP contribution in [0.2, 0.25) is 0 Å². The number of aliphatic hydroxyl groups is 1. The molecule has 0 saturated carbocycles. The van der Waals surface area contributed by atoms with E-state index in [1.54, 1.807) is 11.7 Å². The van der Waals surface area contributed by atoms with Crippen molar-refractivity contribution in [3.63, 3.8) is 0 Å². The average Bonchev–Trinajstić information content (AvgIpc) is 2.55. The van der Waals surface area contributed by atoms with Gasteiger partial charge < -0.3 is 10.8 Å². The molecule has 4 heteroatoms. The van der Waals surface area contributed by atoms with Gasteiger partial charge in [0.05, 0.1) is 16.5 Å². The Morgan fingerprint density at radius 3 is 2.83 bits per heavy atom. The van der Waals surface area contributed by atoms with E-state index in [9.17, 15) is 5.11 Å². The fourth-order valence-electron chi connectivity index (χ4n) is 0.857. The second-order valence-corrected chi connectivity index (χ2v) is 4.42. The number of nitrogens with two attached hydrogens (primary N) is 1. The molecule has 0 radical (unpaired) electrons. The van der Waals surface area contributed by atoms with Gasteiger partial charge in [0.15, 0.2) is 0 Å². The summed E-state index contributed by atoms with van der Waals surface area (Å²) >= 11 is 1.46. The summed E-state index contributed by atoms with van der Waals surface area (Å²) in [6.45, 7) is 4.35. The van der Waals surface area contributed by atoms with Gasteiger partial charge >= 0.3 is 0 Å². The lowest BCUT2D eigenvalue weighted by Crippen LogP contribution is -2.30. The first-order valence-electron chi connectivity index (χ1n) is 3.84. The van der Waals surface area contributed by atoms with Gasteiger partial charge in [-0.1, -0.05) is 13.8 Å². The van der Waals surface area contributed by atoms with E-state index in [-0.39, 0.29) is 5.41 Å². The highest BCUT2D eigenvalue weighted by molar-refractivity contribution is 7.09. The van der Waals surface area contributed by atoms with Gasteiger partial charge in [-0.3, -0.25) is 4.98 Å². The van der Waals surface area contributed by atoms with E-state index in [4.69, 9.17) is 5.73 Å². The Balaban J connectivity index is 2.78. The highest BCUT2D eigenvalue weighted by atomic mass is 32.1. The zero-order valence-corrected chi connectivity index (χ0v) is 8.14. The molecular weight excluding hydrogens is 172 g/mol. The number of nitrogens with zero attached hydrogens (tertiary/aromatic N) is 1. The van der Waals surface area contributed by atoms with Gasteiger partial charge in [0.1, 0.15) is 0 Å². The van der Waals surface area contributed by atoms with Gasteiger partial charge in [-0.05, 0) is 0 Å². The molecule has 12 heavy (non-hydrogen) atoms. The van der Waals surface area contributed by atoms with E-state index in [1.807, 2.05) is 13.8 Å². The van der Waals surface area contributed by atoms with Crippen LogP contribution in [-0.4, -0.2) is 16.6 Å². The highest BCUT2D eigenvalue weighted by Gasteiger charge is 2.28. The lowest BCUT2D eigenvalue weighted by atomic mass is 9.86. The predicted octanol–water partition coefficient (Wildman–Crippen LogP) is 1.16. The molecule has 0 saturated heterocycles. The predicted molar refractivity (Wildman–Crippen MR) is 49.9 cm³/mol. The first-order chi connectivity index (χ1) is 5.58. The summed E-state index contributed by atoms with van der Waals surface area (Å²) < 4.78 is 0. The van der Waals surface area contributed by atoms with Crippen LogP contribution in [0.15, 0.2) is 11.7 Å². The molecule has 1 aromatic heterocycles. The molecule has 3 nitrogen and oxygen atoms in total. The van der Waals surface area contributed by atoms with Crippen LogP contribution >= 0.6 is 11.3 Å². The summed E-state index contributed by atoms with van der Waals surface area (Å²) in [6, 6.07) is 0. The second-order valence-electron chi connectivity index (χ2n) is 3.50. The summed E-state index contributed by atoms with van der Waals surface area (Å²) in [5, 5.41) is 9.83. The van der Waals surface area contributed by atoms with Gasteiger partial charge in [0, 0.05) is 18.2 Å². The molecule has 0 spiro atoms. The molecule has 1 aromatic rings. The van der Waals surface area contributed by atoms with Gasteiger partial charge in [0.25, 0.3) is 0 Å². The third-order valence-electron chi connectivity index (χ3n) is 1.99. The largest absolute Gasteiger partial charge is 0.387 e. The molecule has 1 rings (SSSR count). The van der Waals surface area contributed by atoms with Crippen LogP contribution < -0.4 is 5.73 Å². The van der Waals surface area contributed by atoms with Crippen LogP contribution in [0.4, 0.5) is 0 Å². The van der Waals surface area contributed by atoms with Gasteiger partial charge in [-0.2, -0.15) is 0 Å². The maximum atomic E-state index is 9.83. The third-order valence-corrected chi connectivity index (χ3v) is 2.82. The summed E-state index contributed by atoms with van der Waals surface area (Å²) in [4.78, 5) is 4.79. The molecule has 0 aromatic carbocycles. The minimum absolute atomic E-state index is 0.271. The molecule has 3 N–H and O–H groups in total. The Morgan fingerprint density at radius 2 is 2.42 bits per heavy atom. The third kappa shape index (κ3) is 1.83. The number of aromatic nitrogens is 1. The zero-order valence-electron chi connectivity index (χ0n) is 7.32.